The van der Waals surface area contributed by atoms with Gasteiger partial charge >= 0.3 is 12.1 Å². The molecule has 56 heavy (non-hydrogen) atoms. The molecule has 4 amide bonds. The predicted octanol–water partition coefficient (Wildman–Crippen LogP) is 3.91. The highest BCUT2D eigenvalue weighted by atomic mass is 19.4. The van der Waals surface area contributed by atoms with E-state index in [1.54, 1.807) is 13.8 Å². The van der Waals surface area contributed by atoms with Crippen molar-refractivity contribution in [3.05, 3.63) is 52.1 Å². The Labute approximate surface area is 322 Å². The molecule has 16 nitrogen and oxygen atoms in total. The van der Waals surface area contributed by atoms with Crippen LogP contribution in [0.3, 0.4) is 0 Å². The maximum Gasteiger partial charge on any atom is 0.471 e. The first-order valence-electron chi connectivity index (χ1n) is 18.5. The van der Waals surface area contributed by atoms with Crippen LogP contribution in [0, 0.1) is 11.8 Å². The van der Waals surface area contributed by atoms with Crippen LogP contribution in [0.1, 0.15) is 75.9 Å². The van der Waals surface area contributed by atoms with Crippen LogP contribution in [-0.2, 0) is 35.1 Å². The zero-order valence-corrected chi connectivity index (χ0v) is 32.1. The van der Waals surface area contributed by atoms with Crippen molar-refractivity contribution in [2.24, 2.45) is 11.8 Å². The van der Waals surface area contributed by atoms with E-state index in [4.69, 9.17) is 14.2 Å². The molecule has 0 radical (unpaired) electrons. The average molecular weight is 793 g/mol. The van der Waals surface area contributed by atoms with Crippen molar-refractivity contribution in [2.75, 3.05) is 62.9 Å². The van der Waals surface area contributed by atoms with Gasteiger partial charge in [-0.15, -0.1) is 0 Å². The van der Waals surface area contributed by atoms with Crippen LogP contribution >= 0.6 is 0 Å². The molecule has 1 aromatic carbocycles. The SMILES string of the molecule is CC(C)CCCOCCOCCOCCCNC(=O)CCCNC(=O)c1ccc(N(Cc2cnc3nc(NC(=O)C(C)C)[nH]c(=O)c3n2)C(=O)C(F)(F)F)cc1. The van der Waals surface area contributed by atoms with Gasteiger partial charge in [0.1, 0.15) is 0 Å². The number of carbonyl (C=O) groups is 4. The van der Waals surface area contributed by atoms with E-state index < -0.39 is 41.9 Å². The second-order valence-electron chi connectivity index (χ2n) is 13.5. The molecule has 4 N–H and O–H groups in total. The van der Waals surface area contributed by atoms with Gasteiger partial charge in [0.15, 0.2) is 11.2 Å². The number of alkyl halides is 3. The molecule has 0 spiro atoms. The first kappa shape index (κ1) is 45.4. The molecule has 0 saturated heterocycles. The van der Waals surface area contributed by atoms with E-state index >= 15 is 0 Å². The van der Waals surface area contributed by atoms with E-state index in [1.165, 1.54) is 24.3 Å². The van der Waals surface area contributed by atoms with Crippen molar-refractivity contribution < 1.29 is 46.6 Å². The zero-order chi connectivity index (χ0) is 41.1. The summed E-state index contributed by atoms with van der Waals surface area (Å²) in [5.74, 6) is -3.26. The number of ether oxygens (including phenoxy) is 3. The second kappa shape index (κ2) is 23.2. The quantitative estimate of drug-likeness (QED) is 0.0957. The summed E-state index contributed by atoms with van der Waals surface area (Å²) in [6.07, 6.45) is -0.886. The Balaban J connectivity index is 1.41. The number of rotatable bonds is 24. The zero-order valence-electron chi connectivity index (χ0n) is 32.1. The third-order valence-corrected chi connectivity index (χ3v) is 7.95. The number of aromatic nitrogens is 4. The molecule has 3 rings (SSSR count). The summed E-state index contributed by atoms with van der Waals surface area (Å²) in [5.41, 5.74) is -1.56. The minimum atomic E-state index is -5.26. The predicted molar refractivity (Wildman–Crippen MR) is 201 cm³/mol. The molecule has 0 unspecified atom stereocenters. The Hall–Kier alpha value is -5.01. The minimum Gasteiger partial charge on any atom is -0.379 e. The largest absolute Gasteiger partial charge is 0.471 e. The third kappa shape index (κ3) is 16.0. The van der Waals surface area contributed by atoms with Crippen LogP contribution in [0.15, 0.2) is 35.3 Å². The molecule has 0 aliphatic carbocycles. The topological polar surface area (TPSA) is 207 Å². The van der Waals surface area contributed by atoms with E-state index in [1.807, 2.05) is 0 Å². The molecular weight excluding hydrogens is 741 g/mol. The summed E-state index contributed by atoms with van der Waals surface area (Å²) in [5, 5.41) is 7.86. The Morgan fingerprint density at radius 3 is 2.09 bits per heavy atom. The fourth-order valence-electron chi connectivity index (χ4n) is 4.92. The third-order valence-electron chi connectivity index (χ3n) is 7.95. The van der Waals surface area contributed by atoms with Crippen molar-refractivity contribution in [1.29, 1.82) is 0 Å². The molecular formula is C37H51F3N8O8. The van der Waals surface area contributed by atoms with E-state index in [-0.39, 0.29) is 52.9 Å². The maximum atomic E-state index is 13.6. The first-order valence-corrected chi connectivity index (χ1v) is 18.5. The molecule has 0 fully saturated rings. The number of hydrogen-bond acceptors (Lipinski definition) is 11. The van der Waals surface area contributed by atoms with Crippen molar-refractivity contribution in [2.45, 2.75) is 72.5 Å². The normalized spacial score (nSPS) is 11.6. The highest BCUT2D eigenvalue weighted by molar-refractivity contribution is 5.98. The number of nitrogens with one attached hydrogen (secondary N) is 4. The average Bonchev–Trinajstić information content (AvgIpc) is 3.15. The molecule has 2 heterocycles. The molecule has 0 aliphatic heterocycles. The maximum absolute atomic E-state index is 13.6. The van der Waals surface area contributed by atoms with E-state index in [2.05, 4.69) is 49.7 Å². The number of H-pyrrole nitrogens is 1. The summed E-state index contributed by atoms with van der Waals surface area (Å²) in [6, 6.07) is 4.84. The van der Waals surface area contributed by atoms with Gasteiger partial charge in [0.05, 0.1) is 44.9 Å². The molecule has 2 aromatic heterocycles. The number of nitrogens with zero attached hydrogens (tertiary/aromatic N) is 4. The lowest BCUT2D eigenvalue weighted by Crippen LogP contribution is -2.41. The van der Waals surface area contributed by atoms with Crippen LogP contribution in [0.25, 0.3) is 11.2 Å². The van der Waals surface area contributed by atoms with Crippen LogP contribution in [0.4, 0.5) is 24.8 Å². The van der Waals surface area contributed by atoms with Gasteiger partial charge < -0.3 is 24.8 Å². The number of hydrogen-bond donors (Lipinski definition) is 4. The van der Waals surface area contributed by atoms with Crippen LogP contribution < -0.4 is 26.4 Å². The van der Waals surface area contributed by atoms with Crippen LogP contribution in [0.2, 0.25) is 0 Å². The van der Waals surface area contributed by atoms with Crippen molar-refractivity contribution in [3.8, 4) is 0 Å². The summed E-state index contributed by atoms with van der Waals surface area (Å²) < 4.78 is 57.4. The smallest absolute Gasteiger partial charge is 0.379 e. The standard InChI is InChI=1S/C37H51F3N8O8/c1-24(2)8-6-16-54-18-20-56-21-19-55-17-7-15-41-29(49)9-5-14-42-33(51)26-10-12-28(13-11-26)48(35(53)37(38,39)40)23-27-22-43-31-30(44-27)34(52)47-36(45-31)46-32(50)25(3)4/h10-13,22,24-25H,5-9,14-21,23H2,1-4H3,(H,41,49)(H,42,51)(H2,43,45,46,47,50,52). The summed E-state index contributed by atoms with van der Waals surface area (Å²) in [7, 11) is 0. The van der Waals surface area contributed by atoms with E-state index in [0.717, 1.165) is 25.6 Å². The number of halogens is 3. The van der Waals surface area contributed by atoms with Crippen molar-refractivity contribution >= 4 is 46.4 Å². The van der Waals surface area contributed by atoms with Gasteiger partial charge in [-0.05, 0) is 55.9 Å². The highest BCUT2D eigenvalue weighted by Crippen LogP contribution is 2.26. The summed E-state index contributed by atoms with van der Waals surface area (Å²) >= 11 is 0. The highest BCUT2D eigenvalue weighted by Gasteiger charge is 2.43. The Morgan fingerprint density at radius 2 is 1.46 bits per heavy atom. The number of amides is 4. The minimum absolute atomic E-state index is 0.108. The lowest BCUT2D eigenvalue weighted by molar-refractivity contribution is -0.170. The number of benzene rings is 1. The number of anilines is 2. The summed E-state index contributed by atoms with van der Waals surface area (Å²) in [4.78, 5) is 76.7. The molecule has 3 aromatic rings. The Kier molecular flexibility index (Phi) is 18.8. The number of aromatic amines is 1. The molecule has 308 valence electrons. The Bertz CT molecular complexity index is 1790. The molecule has 19 heteroatoms. The number of carbonyl (C=O) groups excluding carboxylic acids is 4. The monoisotopic (exact) mass is 792 g/mol. The lowest BCUT2D eigenvalue weighted by atomic mass is 10.1. The molecule has 0 aliphatic rings. The van der Waals surface area contributed by atoms with Gasteiger partial charge in [0.25, 0.3) is 11.5 Å². The fourth-order valence-corrected chi connectivity index (χ4v) is 4.92. The molecule has 0 saturated carbocycles. The van der Waals surface area contributed by atoms with Gasteiger partial charge in [0, 0.05) is 49.9 Å². The van der Waals surface area contributed by atoms with Crippen LogP contribution in [-0.4, -0.2) is 102 Å². The van der Waals surface area contributed by atoms with Crippen LogP contribution in [0.5, 0.6) is 0 Å². The van der Waals surface area contributed by atoms with Crippen molar-refractivity contribution in [3.63, 3.8) is 0 Å². The van der Waals surface area contributed by atoms with E-state index in [0.29, 0.717) is 63.2 Å². The Morgan fingerprint density at radius 1 is 0.839 bits per heavy atom. The number of fused-ring (bicyclic) bond motifs is 1. The lowest BCUT2D eigenvalue weighted by Gasteiger charge is -2.23. The van der Waals surface area contributed by atoms with Gasteiger partial charge in [-0.2, -0.15) is 18.2 Å². The van der Waals surface area contributed by atoms with Gasteiger partial charge in [-0.3, -0.25) is 39.2 Å². The summed E-state index contributed by atoms with van der Waals surface area (Å²) in [6.45, 7) is 10.7. The van der Waals surface area contributed by atoms with Gasteiger partial charge in [0.2, 0.25) is 17.8 Å². The van der Waals surface area contributed by atoms with E-state index in [9.17, 15) is 37.1 Å². The van der Waals surface area contributed by atoms with Gasteiger partial charge in [-0.1, -0.05) is 27.7 Å². The first-order chi connectivity index (χ1) is 26.6. The molecule has 0 atom stereocenters. The fraction of sp³-hybridized carbons (Fsp3) is 0.568. The molecule has 0 bridgehead atoms. The van der Waals surface area contributed by atoms with Crippen molar-refractivity contribution in [1.82, 2.24) is 30.6 Å². The van der Waals surface area contributed by atoms with Gasteiger partial charge in [-0.25, -0.2) is 9.97 Å². The second-order valence-corrected chi connectivity index (χ2v) is 13.5.